The standard InChI is InChI=1S/C13H17FN2O/c14-9-6-7-12(15)11(8-9)13(17)16-10-4-2-1-3-5-10/h6-8,10H,1-5,15H2,(H,16,17). The van der Waals surface area contributed by atoms with Gasteiger partial charge in [-0.2, -0.15) is 0 Å². The van der Waals surface area contributed by atoms with Crippen molar-refractivity contribution in [1.29, 1.82) is 0 Å². The summed E-state index contributed by atoms with van der Waals surface area (Å²) in [5.74, 6) is -0.707. The molecule has 1 amide bonds. The molecule has 1 saturated carbocycles. The SMILES string of the molecule is Nc1ccc(F)cc1C(=O)NC1CCCCC1. The number of rotatable bonds is 2. The first-order valence-corrected chi connectivity index (χ1v) is 6.02. The van der Waals surface area contributed by atoms with E-state index in [0.29, 0.717) is 5.69 Å². The monoisotopic (exact) mass is 236 g/mol. The highest BCUT2D eigenvalue weighted by Gasteiger charge is 2.18. The van der Waals surface area contributed by atoms with Gasteiger partial charge >= 0.3 is 0 Å². The Morgan fingerprint density at radius 1 is 1.29 bits per heavy atom. The maximum Gasteiger partial charge on any atom is 0.253 e. The van der Waals surface area contributed by atoms with Crippen molar-refractivity contribution in [2.24, 2.45) is 0 Å². The zero-order valence-electron chi connectivity index (χ0n) is 9.71. The zero-order chi connectivity index (χ0) is 12.3. The number of anilines is 1. The van der Waals surface area contributed by atoms with E-state index in [0.717, 1.165) is 25.7 Å². The Labute approximate surface area is 100 Å². The molecule has 0 radical (unpaired) electrons. The van der Waals surface area contributed by atoms with Crippen LogP contribution >= 0.6 is 0 Å². The van der Waals surface area contributed by atoms with Gasteiger partial charge in [0.1, 0.15) is 5.82 Å². The molecule has 0 spiro atoms. The summed E-state index contributed by atoms with van der Waals surface area (Å²) < 4.78 is 13.1. The fraction of sp³-hybridized carbons (Fsp3) is 0.462. The van der Waals surface area contributed by atoms with Gasteiger partial charge in [-0.05, 0) is 31.0 Å². The number of benzene rings is 1. The summed E-state index contributed by atoms with van der Waals surface area (Å²) in [4.78, 5) is 11.9. The Bertz CT molecular complexity index is 414. The fourth-order valence-electron chi connectivity index (χ4n) is 2.24. The van der Waals surface area contributed by atoms with E-state index in [-0.39, 0.29) is 17.5 Å². The van der Waals surface area contributed by atoms with Crippen LogP contribution in [0.4, 0.5) is 10.1 Å². The Morgan fingerprint density at radius 2 is 2.00 bits per heavy atom. The van der Waals surface area contributed by atoms with Crippen LogP contribution in [-0.4, -0.2) is 11.9 Å². The molecule has 4 heteroatoms. The first-order valence-electron chi connectivity index (χ1n) is 6.02. The summed E-state index contributed by atoms with van der Waals surface area (Å²) in [7, 11) is 0. The van der Waals surface area contributed by atoms with Gasteiger partial charge in [0, 0.05) is 11.7 Å². The molecule has 0 unspecified atom stereocenters. The number of amides is 1. The molecule has 0 bridgehead atoms. The molecule has 92 valence electrons. The summed E-state index contributed by atoms with van der Waals surface area (Å²) in [6.07, 6.45) is 5.52. The highest BCUT2D eigenvalue weighted by molar-refractivity contribution is 5.99. The van der Waals surface area contributed by atoms with E-state index in [2.05, 4.69) is 5.32 Å². The summed E-state index contributed by atoms with van der Waals surface area (Å²) >= 11 is 0. The predicted molar refractivity (Wildman–Crippen MR) is 65.2 cm³/mol. The first-order chi connectivity index (χ1) is 8.16. The van der Waals surface area contributed by atoms with Gasteiger partial charge in [-0.3, -0.25) is 4.79 Å². The van der Waals surface area contributed by atoms with Gasteiger partial charge in [-0.15, -0.1) is 0 Å². The van der Waals surface area contributed by atoms with E-state index in [1.807, 2.05) is 0 Å². The Kier molecular flexibility index (Phi) is 3.61. The third-order valence-corrected chi connectivity index (χ3v) is 3.20. The molecular formula is C13H17FN2O. The topological polar surface area (TPSA) is 55.1 Å². The van der Waals surface area contributed by atoms with E-state index in [1.165, 1.54) is 24.6 Å². The van der Waals surface area contributed by atoms with E-state index < -0.39 is 5.82 Å². The van der Waals surface area contributed by atoms with Crippen molar-refractivity contribution in [3.8, 4) is 0 Å². The fourth-order valence-corrected chi connectivity index (χ4v) is 2.24. The minimum Gasteiger partial charge on any atom is -0.398 e. The number of carbonyl (C=O) groups is 1. The summed E-state index contributed by atoms with van der Waals surface area (Å²) in [5, 5.41) is 2.92. The lowest BCUT2D eigenvalue weighted by Gasteiger charge is -2.23. The Morgan fingerprint density at radius 3 is 2.71 bits per heavy atom. The lowest BCUT2D eigenvalue weighted by Crippen LogP contribution is -2.36. The average Bonchev–Trinajstić information content (AvgIpc) is 2.33. The summed E-state index contributed by atoms with van der Waals surface area (Å²) in [5.41, 5.74) is 6.22. The molecule has 3 nitrogen and oxygen atoms in total. The highest BCUT2D eigenvalue weighted by Crippen LogP contribution is 2.19. The number of carbonyl (C=O) groups excluding carboxylic acids is 1. The van der Waals surface area contributed by atoms with E-state index in [4.69, 9.17) is 5.73 Å². The van der Waals surface area contributed by atoms with Crippen molar-refractivity contribution in [3.63, 3.8) is 0 Å². The lowest BCUT2D eigenvalue weighted by molar-refractivity contribution is 0.0928. The summed E-state index contributed by atoms with van der Waals surface area (Å²) in [6, 6.07) is 4.07. The number of hydrogen-bond donors (Lipinski definition) is 2. The molecular weight excluding hydrogens is 219 g/mol. The second-order valence-corrected chi connectivity index (χ2v) is 4.54. The quantitative estimate of drug-likeness (QED) is 0.775. The number of nitrogens with one attached hydrogen (secondary N) is 1. The van der Waals surface area contributed by atoms with Crippen molar-refractivity contribution in [2.75, 3.05) is 5.73 Å². The van der Waals surface area contributed by atoms with Crippen LogP contribution in [0.15, 0.2) is 18.2 Å². The molecule has 1 aliphatic rings. The minimum atomic E-state index is -0.437. The molecule has 0 atom stereocenters. The maximum atomic E-state index is 13.1. The van der Waals surface area contributed by atoms with Crippen molar-refractivity contribution < 1.29 is 9.18 Å². The van der Waals surface area contributed by atoms with Gasteiger partial charge in [-0.1, -0.05) is 19.3 Å². The van der Waals surface area contributed by atoms with Gasteiger partial charge in [0.25, 0.3) is 5.91 Å². The van der Waals surface area contributed by atoms with Crippen LogP contribution in [0.3, 0.4) is 0 Å². The second kappa shape index (κ2) is 5.17. The molecule has 1 fully saturated rings. The highest BCUT2D eigenvalue weighted by atomic mass is 19.1. The molecule has 1 aromatic rings. The Balaban J connectivity index is 2.05. The summed E-state index contributed by atoms with van der Waals surface area (Å²) in [6.45, 7) is 0. The zero-order valence-corrected chi connectivity index (χ0v) is 9.71. The van der Waals surface area contributed by atoms with Crippen LogP contribution in [0.5, 0.6) is 0 Å². The first kappa shape index (κ1) is 11.9. The lowest BCUT2D eigenvalue weighted by atomic mass is 9.95. The van der Waals surface area contributed by atoms with Crippen LogP contribution in [-0.2, 0) is 0 Å². The number of halogens is 1. The molecule has 0 saturated heterocycles. The van der Waals surface area contributed by atoms with Crippen molar-refractivity contribution in [1.82, 2.24) is 5.32 Å². The smallest absolute Gasteiger partial charge is 0.253 e. The van der Waals surface area contributed by atoms with Crippen molar-refractivity contribution in [2.45, 2.75) is 38.1 Å². The normalized spacial score (nSPS) is 16.8. The van der Waals surface area contributed by atoms with Crippen molar-refractivity contribution in [3.05, 3.63) is 29.6 Å². The number of nitrogens with two attached hydrogens (primary N) is 1. The minimum absolute atomic E-state index is 0.207. The molecule has 1 aliphatic carbocycles. The molecule has 3 N–H and O–H groups in total. The van der Waals surface area contributed by atoms with Gasteiger partial charge in [0.05, 0.1) is 5.56 Å². The molecule has 0 heterocycles. The van der Waals surface area contributed by atoms with Crippen LogP contribution in [0.2, 0.25) is 0 Å². The third kappa shape index (κ3) is 2.96. The van der Waals surface area contributed by atoms with Gasteiger partial charge in [-0.25, -0.2) is 4.39 Å². The van der Waals surface area contributed by atoms with E-state index in [9.17, 15) is 9.18 Å². The second-order valence-electron chi connectivity index (χ2n) is 4.54. The average molecular weight is 236 g/mol. The maximum absolute atomic E-state index is 13.1. The number of hydrogen-bond acceptors (Lipinski definition) is 2. The molecule has 17 heavy (non-hydrogen) atoms. The molecule has 1 aromatic carbocycles. The molecule has 0 aliphatic heterocycles. The third-order valence-electron chi connectivity index (χ3n) is 3.20. The van der Waals surface area contributed by atoms with Gasteiger partial charge < -0.3 is 11.1 Å². The van der Waals surface area contributed by atoms with E-state index >= 15 is 0 Å². The van der Waals surface area contributed by atoms with Crippen LogP contribution in [0, 0.1) is 5.82 Å². The predicted octanol–water partition coefficient (Wildman–Crippen LogP) is 2.47. The number of nitrogen functional groups attached to an aromatic ring is 1. The van der Waals surface area contributed by atoms with Gasteiger partial charge in [0.15, 0.2) is 0 Å². The molecule has 2 rings (SSSR count). The molecule has 0 aromatic heterocycles. The van der Waals surface area contributed by atoms with Gasteiger partial charge in [0.2, 0.25) is 0 Å². The largest absolute Gasteiger partial charge is 0.398 e. The Hall–Kier alpha value is -1.58. The van der Waals surface area contributed by atoms with Crippen LogP contribution in [0.1, 0.15) is 42.5 Å². The van der Waals surface area contributed by atoms with Crippen LogP contribution in [0.25, 0.3) is 0 Å². The van der Waals surface area contributed by atoms with Crippen molar-refractivity contribution >= 4 is 11.6 Å². The van der Waals surface area contributed by atoms with E-state index in [1.54, 1.807) is 0 Å². The van der Waals surface area contributed by atoms with Crippen LogP contribution < -0.4 is 11.1 Å².